The van der Waals surface area contributed by atoms with Gasteiger partial charge in [-0.25, -0.2) is 13.2 Å². The number of anilines is 1. The summed E-state index contributed by atoms with van der Waals surface area (Å²) >= 11 is 5.43. The molecule has 11 heteroatoms. The van der Waals surface area contributed by atoms with Gasteiger partial charge in [0.1, 0.15) is 5.56 Å². The molecule has 0 bridgehead atoms. The number of para-hydroxylation sites is 1. The predicted molar refractivity (Wildman–Crippen MR) is 82.3 cm³/mol. The normalized spacial score (nSPS) is 12.0. The van der Waals surface area contributed by atoms with E-state index < -0.39 is 54.7 Å². The lowest BCUT2D eigenvalue weighted by atomic mass is 10.2. The van der Waals surface area contributed by atoms with Gasteiger partial charge in [0, 0.05) is 0 Å². The number of carboxylic acids is 1. The van der Waals surface area contributed by atoms with E-state index in [-0.39, 0.29) is 0 Å². The monoisotopic (exact) mass is 395 g/mol. The van der Waals surface area contributed by atoms with Crippen LogP contribution < -0.4 is 4.72 Å². The summed E-state index contributed by atoms with van der Waals surface area (Å²) in [6, 6.07) is 5.19. The van der Waals surface area contributed by atoms with Gasteiger partial charge in [-0.15, -0.1) is 0 Å². The number of halogens is 4. The lowest BCUT2D eigenvalue weighted by Gasteiger charge is -2.13. The van der Waals surface area contributed by atoms with Crippen LogP contribution in [0.1, 0.15) is 15.9 Å². The summed E-state index contributed by atoms with van der Waals surface area (Å²) < 4.78 is 64.9. The SMILES string of the molecule is O=C(O)c1cccc(NS(=O)(=O)c2ccc(Cl)c(C(F)(F)F)c2)c1O. The molecule has 134 valence electrons. The number of alkyl halides is 3. The number of hydrogen-bond donors (Lipinski definition) is 3. The summed E-state index contributed by atoms with van der Waals surface area (Å²) in [5, 5.41) is 18.0. The topological polar surface area (TPSA) is 104 Å². The van der Waals surface area contributed by atoms with Gasteiger partial charge in [-0.05, 0) is 30.3 Å². The highest BCUT2D eigenvalue weighted by Crippen LogP contribution is 2.36. The number of sulfonamides is 1. The minimum Gasteiger partial charge on any atom is -0.505 e. The molecular formula is C14H9ClF3NO5S. The van der Waals surface area contributed by atoms with E-state index in [2.05, 4.69) is 0 Å². The lowest BCUT2D eigenvalue weighted by Crippen LogP contribution is -2.15. The van der Waals surface area contributed by atoms with Crippen molar-refractivity contribution >= 4 is 33.3 Å². The summed E-state index contributed by atoms with van der Waals surface area (Å²) in [4.78, 5) is 10.2. The third kappa shape index (κ3) is 3.97. The van der Waals surface area contributed by atoms with Crippen molar-refractivity contribution in [3.8, 4) is 5.75 Å². The first kappa shape index (κ1) is 18.9. The Balaban J connectivity index is 2.48. The van der Waals surface area contributed by atoms with Crippen molar-refractivity contribution in [1.82, 2.24) is 0 Å². The van der Waals surface area contributed by atoms with E-state index in [1.807, 2.05) is 4.72 Å². The maximum atomic E-state index is 12.8. The Bertz CT molecular complexity index is 944. The average molecular weight is 396 g/mol. The zero-order valence-electron chi connectivity index (χ0n) is 12.0. The Kier molecular flexibility index (Phi) is 4.87. The number of benzene rings is 2. The van der Waals surface area contributed by atoms with Crippen molar-refractivity contribution in [3.63, 3.8) is 0 Å². The Morgan fingerprint density at radius 1 is 1.16 bits per heavy atom. The number of aromatic carboxylic acids is 1. The van der Waals surface area contributed by atoms with Crippen LogP contribution in [0.25, 0.3) is 0 Å². The zero-order chi connectivity index (χ0) is 19.0. The van der Waals surface area contributed by atoms with Crippen LogP contribution in [-0.4, -0.2) is 24.6 Å². The van der Waals surface area contributed by atoms with Crippen LogP contribution in [0.3, 0.4) is 0 Å². The van der Waals surface area contributed by atoms with Crippen LogP contribution in [0.5, 0.6) is 5.75 Å². The van der Waals surface area contributed by atoms with Gasteiger partial charge in [-0.3, -0.25) is 4.72 Å². The minimum absolute atomic E-state index is 0.336. The van der Waals surface area contributed by atoms with E-state index in [0.717, 1.165) is 30.3 Å². The molecule has 2 aromatic rings. The van der Waals surface area contributed by atoms with Crippen molar-refractivity contribution in [2.24, 2.45) is 0 Å². The van der Waals surface area contributed by atoms with Crippen molar-refractivity contribution in [3.05, 3.63) is 52.5 Å². The molecule has 3 N–H and O–H groups in total. The molecule has 0 atom stereocenters. The van der Waals surface area contributed by atoms with Crippen LogP contribution in [0.4, 0.5) is 18.9 Å². The van der Waals surface area contributed by atoms with Crippen molar-refractivity contribution in [2.45, 2.75) is 11.1 Å². The number of hydrogen-bond acceptors (Lipinski definition) is 4. The number of rotatable bonds is 4. The molecule has 25 heavy (non-hydrogen) atoms. The van der Waals surface area contributed by atoms with Crippen molar-refractivity contribution < 1.29 is 36.6 Å². The molecule has 0 aliphatic carbocycles. The number of aromatic hydroxyl groups is 1. The fourth-order valence-electron chi connectivity index (χ4n) is 1.89. The average Bonchev–Trinajstić information content (AvgIpc) is 2.48. The molecule has 0 saturated heterocycles. The smallest absolute Gasteiger partial charge is 0.417 e. The summed E-state index contributed by atoms with van der Waals surface area (Å²) in [6.07, 6.45) is -4.87. The highest BCUT2D eigenvalue weighted by Gasteiger charge is 2.34. The summed E-state index contributed by atoms with van der Waals surface area (Å²) in [5.74, 6) is -2.38. The zero-order valence-corrected chi connectivity index (χ0v) is 13.6. The van der Waals surface area contributed by atoms with Gasteiger partial charge in [0.15, 0.2) is 5.75 Å². The maximum Gasteiger partial charge on any atom is 0.417 e. The summed E-state index contributed by atoms with van der Waals surface area (Å²) in [7, 11) is -4.54. The van der Waals surface area contributed by atoms with Crippen LogP contribution in [0, 0.1) is 0 Å². The van der Waals surface area contributed by atoms with Gasteiger partial charge in [0.2, 0.25) is 0 Å². The van der Waals surface area contributed by atoms with Gasteiger partial charge < -0.3 is 10.2 Å². The largest absolute Gasteiger partial charge is 0.505 e. The third-order valence-corrected chi connectivity index (χ3v) is 4.76. The Morgan fingerprint density at radius 3 is 2.36 bits per heavy atom. The molecule has 6 nitrogen and oxygen atoms in total. The highest BCUT2D eigenvalue weighted by molar-refractivity contribution is 7.92. The van der Waals surface area contributed by atoms with E-state index in [9.17, 15) is 31.5 Å². The summed E-state index contributed by atoms with van der Waals surface area (Å²) in [5.41, 5.74) is -2.42. The van der Waals surface area contributed by atoms with E-state index in [0.29, 0.717) is 6.07 Å². The first-order chi connectivity index (χ1) is 11.4. The Hall–Kier alpha value is -2.46. The molecule has 0 aliphatic heterocycles. The van der Waals surface area contributed by atoms with E-state index in [1.54, 1.807) is 0 Å². The number of phenols is 1. The second-order valence-corrected chi connectivity index (χ2v) is 6.84. The van der Waals surface area contributed by atoms with Gasteiger partial charge in [0.25, 0.3) is 10.0 Å². The molecule has 0 fully saturated rings. The first-order valence-electron chi connectivity index (χ1n) is 6.38. The van der Waals surface area contributed by atoms with Gasteiger partial charge in [0.05, 0.1) is 21.2 Å². The second-order valence-electron chi connectivity index (χ2n) is 4.75. The molecule has 2 aromatic carbocycles. The number of carboxylic acid groups (broad SMARTS) is 1. The quantitative estimate of drug-likeness (QED) is 0.687. The number of carbonyl (C=O) groups is 1. The molecule has 0 unspecified atom stereocenters. The van der Waals surface area contributed by atoms with E-state index in [4.69, 9.17) is 16.7 Å². The van der Waals surface area contributed by atoms with Gasteiger partial charge in [-0.2, -0.15) is 13.2 Å². The highest BCUT2D eigenvalue weighted by atomic mass is 35.5. The molecule has 0 saturated carbocycles. The van der Waals surface area contributed by atoms with Crippen LogP contribution in [-0.2, 0) is 16.2 Å². The molecule has 0 aliphatic rings. The molecule has 0 radical (unpaired) electrons. The minimum atomic E-state index is -4.87. The van der Waals surface area contributed by atoms with Crippen LogP contribution in [0.15, 0.2) is 41.3 Å². The van der Waals surface area contributed by atoms with Crippen LogP contribution in [0.2, 0.25) is 5.02 Å². The fraction of sp³-hybridized carbons (Fsp3) is 0.0714. The maximum absolute atomic E-state index is 12.8. The molecular weight excluding hydrogens is 387 g/mol. The summed E-state index contributed by atoms with van der Waals surface area (Å²) in [6.45, 7) is 0. The second kappa shape index (κ2) is 6.45. The molecule has 0 aromatic heterocycles. The fourth-order valence-corrected chi connectivity index (χ4v) is 3.21. The first-order valence-corrected chi connectivity index (χ1v) is 8.24. The molecule has 2 rings (SSSR count). The predicted octanol–water partition coefficient (Wildman–Crippen LogP) is 3.56. The van der Waals surface area contributed by atoms with Gasteiger partial charge >= 0.3 is 12.1 Å². The van der Waals surface area contributed by atoms with E-state index >= 15 is 0 Å². The third-order valence-electron chi connectivity index (χ3n) is 3.06. The molecule has 0 spiro atoms. The standard InChI is InChI=1S/C14H9ClF3NO5S/c15-10-5-4-7(6-9(10)14(16,17)18)25(23,24)19-11-3-1-2-8(12(11)20)13(21)22/h1-6,19-20H,(H,21,22). The Morgan fingerprint density at radius 2 is 1.80 bits per heavy atom. The number of nitrogens with one attached hydrogen (secondary N) is 1. The van der Waals surface area contributed by atoms with Crippen molar-refractivity contribution in [2.75, 3.05) is 4.72 Å². The Labute approximate surface area is 144 Å². The van der Waals surface area contributed by atoms with E-state index in [1.165, 1.54) is 0 Å². The van der Waals surface area contributed by atoms with Crippen LogP contribution >= 0.6 is 11.6 Å². The molecule has 0 heterocycles. The van der Waals surface area contributed by atoms with Crippen molar-refractivity contribution in [1.29, 1.82) is 0 Å². The van der Waals surface area contributed by atoms with Gasteiger partial charge in [-0.1, -0.05) is 17.7 Å². The molecule has 0 amide bonds. The lowest BCUT2D eigenvalue weighted by molar-refractivity contribution is -0.137.